The number of piperidine rings is 1. The molecular formula is C17H25N3O4S. The van der Waals surface area contributed by atoms with Gasteiger partial charge in [0.1, 0.15) is 11.4 Å². The van der Waals surface area contributed by atoms with Crippen LogP contribution >= 0.6 is 0 Å². The molecule has 0 aromatic carbocycles. The van der Waals surface area contributed by atoms with E-state index in [1.165, 1.54) is 27.2 Å². The minimum Gasteiger partial charge on any atom is -0.338 e. The fourth-order valence-electron chi connectivity index (χ4n) is 3.61. The first-order valence-corrected chi connectivity index (χ1v) is 10.3. The Kier molecular flexibility index (Phi) is 5.29. The predicted molar refractivity (Wildman–Crippen MR) is 93.7 cm³/mol. The number of amides is 1. The third kappa shape index (κ3) is 3.64. The van der Waals surface area contributed by atoms with Crippen LogP contribution in [0.3, 0.4) is 0 Å². The van der Waals surface area contributed by atoms with Crippen molar-refractivity contribution in [2.24, 2.45) is 0 Å². The van der Waals surface area contributed by atoms with Gasteiger partial charge in [-0.15, -0.1) is 0 Å². The molecule has 1 atom stereocenters. The Bertz CT molecular complexity index is 796. The van der Waals surface area contributed by atoms with Gasteiger partial charge in [0.2, 0.25) is 15.9 Å². The number of hydrogen-bond acceptors (Lipinski definition) is 4. The summed E-state index contributed by atoms with van der Waals surface area (Å²) in [5.41, 5.74) is -0.618. The minimum atomic E-state index is -3.79. The number of hydrogen-bond donors (Lipinski definition) is 0. The summed E-state index contributed by atoms with van der Waals surface area (Å²) in [6, 6.07) is 3.02. The highest BCUT2D eigenvalue weighted by molar-refractivity contribution is 7.89. The van der Waals surface area contributed by atoms with E-state index in [1.807, 2.05) is 6.92 Å². The number of pyridine rings is 1. The Morgan fingerprint density at radius 1 is 1.16 bits per heavy atom. The normalized spacial score (nSPS) is 22.3. The molecule has 0 spiro atoms. The number of carbonyl (C=O) groups excluding carboxylic acids is 1. The third-order valence-corrected chi connectivity index (χ3v) is 7.01. The van der Waals surface area contributed by atoms with Crippen LogP contribution in [0.2, 0.25) is 0 Å². The summed E-state index contributed by atoms with van der Waals surface area (Å²) in [5, 5.41) is 0. The van der Waals surface area contributed by atoms with E-state index in [2.05, 4.69) is 0 Å². The number of carbonyl (C=O) groups is 1. The van der Waals surface area contributed by atoms with Crippen LogP contribution in [0.5, 0.6) is 0 Å². The molecule has 3 heterocycles. The number of aromatic nitrogens is 1. The van der Waals surface area contributed by atoms with Gasteiger partial charge in [0.05, 0.1) is 0 Å². The van der Waals surface area contributed by atoms with Gasteiger partial charge in [0.15, 0.2) is 0 Å². The van der Waals surface area contributed by atoms with Crippen LogP contribution in [-0.2, 0) is 21.4 Å². The fraction of sp³-hybridized carbons (Fsp3) is 0.647. The lowest BCUT2D eigenvalue weighted by molar-refractivity contribution is -0.135. The molecule has 0 aliphatic carbocycles. The molecular weight excluding hydrogens is 342 g/mol. The van der Waals surface area contributed by atoms with Crippen LogP contribution in [-0.4, -0.2) is 53.8 Å². The second kappa shape index (κ2) is 7.29. The Labute approximate surface area is 148 Å². The van der Waals surface area contributed by atoms with E-state index < -0.39 is 15.6 Å². The molecule has 7 nitrogen and oxygen atoms in total. The molecule has 138 valence electrons. The van der Waals surface area contributed by atoms with Crippen molar-refractivity contribution in [3.63, 3.8) is 0 Å². The second-order valence-corrected chi connectivity index (χ2v) is 8.75. The van der Waals surface area contributed by atoms with Crippen LogP contribution in [0.15, 0.2) is 28.0 Å². The maximum absolute atomic E-state index is 12.7. The highest BCUT2D eigenvalue weighted by Crippen LogP contribution is 2.19. The molecule has 1 aromatic heterocycles. The maximum atomic E-state index is 12.7. The van der Waals surface area contributed by atoms with E-state index in [-0.39, 0.29) is 23.4 Å². The van der Waals surface area contributed by atoms with E-state index in [9.17, 15) is 18.0 Å². The molecule has 1 aromatic rings. The lowest BCUT2D eigenvalue weighted by atomic mass is 10.0. The van der Waals surface area contributed by atoms with Gasteiger partial charge >= 0.3 is 0 Å². The van der Waals surface area contributed by atoms with Crippen molar-refractivity contribution in [3.05, 3.63) is 28.7 Å². The van der Waals surface area contributed by atoms with Gasteiger partial charge in [-0.05, 0) is 51.2 Å². The van der Waals surface area contributed by atoms with Crippen LogP contribution < -0.4 is 5.56 Å². The van der Waals surface area contributed by atoms with E-state index >= 15 is 0 Å². The third-order valence-electron chi connectivity index (χ3n) is 5.10. The van der Waals surface area contributed by atoms with E-state index in [0.717, 1.165) is 32.1 Å². The van der Waals surface area contributed by atoms with E-state index in [4.69, 9.17) is 0 Å². The minimum absolute atomic E-state index is 0.119. The zero-order valence-corrected chi connectivity index (χ0v) is 15.4. The van der Waals surface area contributed by atoms with E-state index in [1.54, 1.807) is 4.90 Å². The number of likely N-dealkylation sites (tertiary alicyclic amines) is 1. The molecule has 2 aliphatic rings. The van der Waals surface area contributed by atoms with Gasteiger partial charge in [-0.25, -0.2) is 8.42 Å². The van der Waals surface area contributed by atoms with Gasteiger partial charge < -0.3 is 9.47 Å². The summed E-state index contributed by atoms with van der Waals surface area (Å²) >= 11 is 0. The average molecular weight is 367 g/mol. The molecule has 2 fully saturated rings. The van der Waals surface area contributed by atoms with Crippen LogP contribution in [0, 0.1) is 0 Å². The van der Waals surface area contributed by atoms with E-state index in [0.29, 0.717) is 19.6 Å². The van der Waals surface area contributed by atoms with Crippen LogP contribution in [0.4, 0.5) is 0 Å². The highest BCUT2D eigenvalue weighted by Gasteiger charge is 2.30. The van der Waals surface area contributed by atoms with Crippen molar-refractivity contribution in [2.45, 2.75) is 56.5 Å². The summed E-state index contributed by atoms with van der Waals surface area (Å²) in [5.74, 6) is -0.134. The molecule has 0 N–H and O–H groups in total. The quantitative estimate of drug-likeness (QED) is 0.796. The smallest absolute Gasteiger partial charge is 0.271 e. The van der Waals surface area contributed by atoms with Gasteiger partial charge in [-0.2, -0.15) is 4.31 Å². The number of sulfonamides is 1. The largest absolute Gasteiger partial charge is 0.338 e. The molecule has 3 rings (SSSR count). The Morgan fingerprint density at radius 2 is 1.84 bits per heavy atom. The predicted octanol–water partition coefficient (Wildman–Crippen LogP) is 1.03. The molecule has 25 heavy (non-hydrogen) atoms. The van der Waals surface area contributed by atoms with Gasteiger partial charge in [0.25, 0.3) is 5.56 Å². The summed E-state index contributed by atoms with van der Waals surface area (Å²) in [4.78, 5) is 26.8. The monoisotopic (exact) mass is 367 g/mol. The first-order chi connectivity index (χ1) is 11.9. The molecule has 1 amide bonds. The topological polar surface area (TPSA) is 79.7 Å². The van der Waals surface area contributed by atoms with Gasteiger partial charge in [-0.1, -0.05) is 0 Å². The summed E-state index contributed by atoms with van der Waals surface area (Å²) in [6.45, 7) is 3.48. The number of nitrogens with zero attached hydrogens (tertiary/aromatic N) is 3. The number of rotatable bonds is 4. The zero-order valence-electron chi connectivity index (χ0n) is 14.6. The van der Waals surface area contributed by atoms with Crippen molar-refractivity contribution in [3.8, 4) is 0 Å². The molecule has 0 saturated carbocycles. The molecule has 2 aliphatic heterocycles. The molecule has 8 heteroatoms. The van der Waals surface area contributed by atoms with Crippen molar-refractivity contribution >= 4 is 15.9 Å². The lowest BCUT2D eigenvalue weighted by Gasteiger charge is -2.33. The van der Waals surface area contributed by atoms with Crippen LogP contribution in [0.25, 0.3) is 0 Å². The Morgan fingerprint density at radius 3 is 2.52 bits per heavy atom. The maximum Gasteiger partial charge on any atom is 0.271 e. The van der Waals surface area contributed by atoms with Crippen molar-refractivity contribution < 1.29 is 13.2 Å². The summed E-state index contributed by atoms with van der Waals surface area (Å²) < 4.78 is 27.9. The standard InChI is InChI=1S/C17H25N3O4S/c1-14-7-2-3-12-20(14)16(21)13-18-9-6-8-15(17(18)22)25(23,24)19-10-4-5-11-19/h6,8-9,14H,2-5,7,10-13H2,1H3/t14-/m1/s1. The second-order valence-electron chi connectivity index (χ2n) is 6.85. The highest BCUT2D eigenvalue weighted by atomic mass is 32.2. The SMILES string of the molecule is C[C@@H]1CCCCN1C(=O)Cn1cccc(S(=O)(=O)N2CCCC2)c1=O. The van der Waals surface area contributed by atoms with Gasteiger partial charge in [-0.3, -0.25) is 9.59 Å². The Balaban J connectivity index is 1.84. The fourth-order valence-corrected chi connectivity index (χ4v) is 5.21. The van der Waals surface area contributed by atoms with Crippen molar-refractivity contribution in [2.75, 3.05) is 19.6 Å². The molecule has 0 bridgehead atoms. The first kappa shape index (κ1) is 18.1. The molecule has 0 unspecified atom stereocenters. The summed E-state index contributed by atoms with van der Waals surface area (Å²) in [7, 11) is -3.79. The summed E-state index contributed by atoms with van der Waals surface area (Å²) in [6.07, 6.45) is 6.14. The van der Waals surface area contributed by atoms with Crippen molar-refractivity contribution in [1.82, 2.24) is 13.8 Å². The van der Waals surface area contributed by atoms with Gasteiger partial charge in [0, 0.05) is 31.9 Å². The Hall–Kier alpha value is -1.67. The van der Waals surface area contributed by atoms with Crippen molar-refractivity contribution in [1.29, 1.82) is 0 Å². The molecule has 2 saturated heterocycles. The zero-order chi connectivity index (χ0) is 18.0. The molecule has 0 radical (unpaired) electrons. The van der Waals surface area contributed by atoms with Crippen LogP contribution in [0.1, 0.15) is 39.0 Å². The lowest BCUT2D eigenvalue weighted by Crippen LogP contribution is -2.45. The average Bonchev–Trinajstić information content (AvgIpc) is 3.12. The first-order valence-electron chi connectivity index (χ1n) is 8.90.